The van der Waals surface area contributed by atoms with E-state index in [9.17, 15) is 9.50 Å². The molecule has 2 unspecified atom stereocenters. The Morgan fingerprint density at radius 1 is 1.23 bits per heavy atom. The largest absolute Gasteiger partial charge is 0.392 e. The normalized spacial score (nSPS) is 21.2. The number of aliphatic hydroxyl groups excluding tert-OH is 1. The van der Waals surface area contributed by atoms with Crippen molar-refractivity contribution in [2.45, 2.75) is 57.5 Å². The number of para-hydroxylation sites is 2. The molecule has 4 nitrogen and oxygen atoms in total. The average Bonchev–Trinajstić information content (AvgIpc) is 3.16. The second kappa shape index (κ2) is 9.09. The van der Waals surface area contributed by atoms with Crippen molar-refractivity contribution in [3.8, 4) is 0 Å². The van der Waals surface area contributed by atoms with Crippen LogP contribution in [0.15, 0.2) is 42.5 Å². The maximum absolute atomic E-state index is 13.8. The number of hydrogen-bond acceptors (Lipinski definition) is 3. The highest BCUT2D eigenvalue weighted by atomic mass is 19.1. The Balaban J connectivity index is 1.39. The number of nitrogens with zero attached hydrogens (tertiary/aromatic N) is 2. The lowest BCUT2D eigenvalue weighted by Crippen LogP contribution is -2.49. The molecule has 0 aliphatic heterocycles. The van der Waals surface area contributed by atoms with Gasteiger partial charge in [0.15, 0.2) is 0 Å². The van der Waals surface area contributed by atoms with Crippen molar-refractivity contribution in [2.75, 3.05) is 20.1 Å². The second-order valence-corrected chi connectivity index (χ2v) is 9.41. The van der Waals surface area contributed by atoms with Gasteiger partial charge in [0.25, 0.3) is 0 Å². The number of hydrogen-bond donors (Lipinski definition) is 2. The summed E-state index contributed by atoms with van der Waals surface area (Å²) in [7, 11) is 2.15. The summed E-state index contributed by atoms with van der Waals surface area (Å²) in [6, 6.07) is 13.2. The molecule has 1 aliphatic rings. The van der Waals surface area contributed by atoms with Gasteiger partial charge in [-0.1, -0.05) is 32.0 Å². The molecule has 4 rings (SSSR count). The van der Waals surface area contributed by atoms with E-state index in [0.29, 0.717) is 6.42 Å². The van der Waals surface area contributed by atoms with Crippen molar-refractivity contribution in [3.63, 3.8) is 0 Å². The fraction of sp³-hybridized carbons (Fsp3) is 0.500. The zero-order valence-corrected chi connectivity index (χ0v) is 18.9. The molecule has 0 fully saturated rings. The number of rotatable bonds is 8. The number of aliphatic hydroxyl groups is 1. The summed E-state index contributed by atoms with van der Waals surface area (Å²) in [6.45, 7) is 6.23. The van der Waals surface area contributed by atoms with Gasteiger partial charge in [-0.05, 0) is 87.1 Å². The Labute approximate surface area is 184 Å². The highest BCUT2D eigenvalue weighted by Crippen LogP contribution is 2.45. The summed E-state index contributed by atoms with van der Waals surface area (Å²) in [5, 5.41) is 11.1. The Hall–Kier alpha value is -2.24. The van der Waals surface area contributed by atoms with Crippen LogP contribution in [0.3, 0.4) is 0 Å². The highest BCUT2D eigenvalue weighted by molar-refractivity contribution is 5.74. The van der Waals surface area contributed by atoms with Gasteiger partial charge in [-0.25, -0.2) is 9.37 Å². The smallest absolute Gasteiger partial charge is 0.123 e. The maximum Gasteiger partial charge on any atom is 0.123 e. The summed E-state index contributed by atoms with van der Waals surface area (Å²) >= 11 is 0. The van der Waals surface area contributed by atoms with Gasteiger partial charge < -0.3 is 15.0 Å². The molecule has 1 aliphatic carbocycles. The van der Waals surface area contributed by atoms with Crippen LogP contribution in [0.25, 0.3) is 11.0 Å². The molecule has 31 heavy (non-hydrogen) atoms. The fourth-order valence-electron chi connectivity index (χ4n) is 5.37. The van der Waals surface area contributed by atoms with Gasteiger partial charge in [-0.2, -0.15) is 0 Å². The molecule has 0 spiro atoms. The van der Waals surface area contributed by atoms with Crippen LogP contribution in [0, 0.1) is 11.7 Å². The second-order valence-electron chi connectivity index (χ2n) is 9.41. The van der Waals surface area contributed by atoms with Gasteiger partial charge in [0.2, 0.25) is 0 Å². The number of benzene rings is 2. The van der Waals surface area contributed by atoms with E-state index in [-0.39, 0.29) is 17.2 Å². The number of aromatic amines is 1. The summed E-state index contributed by atoms with van der Waals surface area (Å²) in [6.07, 6.45) is 3.86. The van der Waals surface area contributed by atoms with Crippen molar-refractivity contribution in [1.82, 2.24) is 14.9 Å². The number of aromatic nitrogens is 2. The summed E-state index contributed by atoms with van der Waals surface area (Å²) in [4.78, 5) is 10.4. The van der Waals surface area contributed by atoms with Crippen LogP contribution >= 0.6 is 0 Å². The van der Waals surface area contributed by atoms with Crippen LogP contribution < -0.4 is 0 Å². The topological polar surface area (TPSA) is 52.2 Å². The monoisotopic (exact) mass is 423 g/mol. The molecule has 3 aromatic rings. The average molecular weight is 424 g/mol. The molecule has 2 atom stereocenters. The molecule has 5 heteroatoms. The molecular weight excluding hydrogens is 389 g/mol. The lowest BCUT2D eigenvalue weighted by atomic mass is 9.60. The van der Waals surface area contributed by atoms with Crippen LogP contribution in [0.4, 0.5) is 4.39 Å². The van der Waals surface area contributed by atoms with Crippen molar-refractivity contribution in [3.05, 3.63) is 65.2 Å². The molecule has 0 amide bonds. The molecule has 0 radical (unpaired) electrons. The van der Waals surface area contributed by atoms with E-state index in [0.717, 1.165) is 66.8 Å². The van der Waals surface area contributed by atoms with Gasteiger partial charge >= 0.3 is 0 Å². The van der Waals surface area contributed by atoms with Crippen LogP contribution in [-0.4, -0.2) is 46.2 Å². The number of aryl methyl sites for hydroxylation is 2. The van der Waals surface area contributed by atoms with E-state index in [4.69, 9.17) is 0 Å². The zero-order chi connectivity index (χ0) is 22.0. The Morgan fingerprint density at radius 3 is 2.81 bits per heavy atom. The van der Waals surface area contributed by atoms with E-state index in [1.54, 1.807) is 12.1 Å². The third-order valence-corrected chi connectivity index (χ3v) is 7.18. The number of imidazole rings is 1. The first-order valence-corrected chi connectivity index (χ1v) is 11.5. The van der Waals surface area contributed by atoms with Crippen LogP contribution in [0.1, 0.15) is 50.1 Å². The van der Waals surface area contributed by atoms with Gasteiger partial charge in [0, 0.05) is 11.8 Å². The summed E-state index contributed by atoms with van der Waals surface area (Å²) < 4.78 is 13.8. The van der Waals surface area contributed by atoms with E-state index in [1.807, 2.05) is 24.3 Å². The minimum Gasteiger partial charge on any atom is -0.392 e. The molecule has 0 saturated heterocycles. The van der Waals surface area contributed by atoms with E-state index in [1.165, 1.54) is 0 Å². The number of nitrogens with one attached hydrogen (secondary N) is 1. The predicted octanol–water partition coefficient (Wildman–Crippen LogP) is 4.86. The Kier molecular flexibility index (Phi) is 6.44. The molecule has 1 aromatic heterocycles. The Morgan fingerprint density at radius 2 is 2.03 bits per heavy atom. The summed E-state index contributed by atoms with van der Waals surface area (Å²) in [5.41, 5.74) is 3.98. The fourth-order valence-corrected chi connectivity index (χ4v) is 5.37. The van der Waals surface area contributed by atoms with E-state index >= 15 is 0 Å². The first-order chi connectivity index (χ1) is 14.9. The van der Waals surface area contributed by atoms with Crippen LogP contribution in [0.5, 0.6) is 0 Å². The first kappa shape index (κ1) is 22.0. The van der Waals surface area contributed by atoms with Gasteiger partial charge in [-0.15, -0.1) is 0 Å². The van der Waals surface area contributed by atoms with Gasteiger partial charge in [0.1, 0.15) is 11.6 Å². The van der Waals surface area contributed by atoms with Crippen molar-refractivity contribution in [2.24, 2.45) is 5.92 Å². The molecular formula is C26H34FN3O. The molecule has 166 valence electrons. The minimum absolute atomic E-state index is 0.185. The molecule has 0 saturated carbocycles. The third kappa shape index (κ3) is 4.39. The number of fused-ring (bicyclic) bond motifs is 2. The zero-order valence-electron chi connectivity index (χ0n) is 18.9. The minimum atomic E-state index is -0.394. The first-order valence-electron chi connectivity index (χ1n) is 11.5. The molecule has 1 heterocycles. The lowest BCUT2D eigenvalue weighted by Gasteiger charge is -2.47. The van der Waals surface area contributed by atoms with E-state index in [2.05, 4.69) is 41.8 Å². The van der Waals surface area contributed by atoms with Gasteiger partial charge in [0.05, 0.1) is 17.1 Å². The Bertz CT molecular complexity index is 997. The molecule has 0 bridgehead atoms. The maximum atomic E-state index is 13.8. The van der Waals surface area contributed by atoms with Crippen LogP contribution in [-0.2, 0) is 18.3 Å². The predicted molar refractivity (Wildman–Crippen MR) is 124 cm³/mol. The van der Waals surface area contributed by atoms with Gasteiger partial charge in [-0.3, -0.25) is 0 Å². The van der Waals surface area contributed by atoms with Crippen molar-refractivity contribution >= 4 is 11.0 Å². The summed E-state index contributed by atoms with van der Waals surface area (Å²) in [5.74, 6) is 1.12. The standard InChI is InChI=1S/C26H34FN3O/c1-18(2)26(21-12-11-20(27)17-19(21)10-13-24(26)31)14-16-30(3)15-6-9-25-28-22-7-4-5-8-23(22)29-25/h4-5,7-8,11-12,17-18,24,31H,6,9-10,13-16H2,1-3H3,(H,28,29). The molecule has 2 aromatic carbocycles. The lowest BCUT2D eigenvalue weighted by molar-refractivity contribution is 0.0231. The SMILES string of the molecule is CC(C)C1(CCN(C)CCCc2nc3ccccc3[nH]2)c2ccc(F)cc2CCC1O. The number of H-pyrrole nitrogens is 1. The molecule has 2 N–H and O–H groups in total. The quantitative estimate of drug-likeness (QED) is 0.544. The van der Waals surface area contributed by atoms with Crippen molar-refractivity contribution < 1.29 is 9.50 Å². The van der Waals surface area contributed by atoms with Crippen LogP contribution in [0.2, 0.25) is 0 Å². The van der Waals surface area contributed by atoms with E-state index < -0.39 is 6.10 Å². The number of halogens is 1. The third-order valence-electron chi connectivity index (χ3n) is 7.18. The van der Waals surface area contributed by atoms with Crippen molar-refractivity contribution in [1.29, 1.82) is 0 Å². The highest BCUT2D eigenvalue weighted by Gasteiger charge is 2.45.